The first-order valence-corrected chi connectivity index (χ1v) is 8.15. The van der Waals surface area contributed by atoms with Gasteiger partial charge in [0.15, 0.2) is 6.61 Å². The monoisotopic (exact) mass is 331 g/mol. The Hall–Kier alpha value is -2.57. The normalized spacial score (nSPS) is 20.5. The number of hydrogen-bond donors (Lipinski definition) is 2. The fraction of sp³-hybridized carbons (Fsp3) is 0.471. The van der Waals surface area contributed by atoms with Crippen LogP contribution in [0, 0.1) is 6.92 Å². The molecule has 3 rings (SSSR count). The van der Waals surface area contributed by atoms with Gasteiger partial charge in [-0.05, 0) is 43.9 Å². The van der Waals surface area contributed by atoms with Crippen LogP contribution in [0.15, 0.2) is 18.2 Å². The number of carbonyl (C=O) groups is 3. The molecule has 1 aromatic rings. The van der Waals surface area contributed by atoms with E-state index < -0.39 is 6.04 Å². The summed E-state index contributed by atoms with van der Waals surface area (Å²) in [5.41, 5.74) is 1.56. The first kappa shape index (κ1) is 16.3. The highest BCUT2D eigenvalue weighted by atomic mass is 16.5. The molecule has 0 aliphatic carbocycles. The third kappa shape index (κ3) is 3.50. The molecule has 7 heteroatoms. The Labute approximate surface area is 140 Å². The molecule has 1 fully saturated rings. The molecule has 2 aliphatic rings. The van der Waals surface area contributed by atoms with Crippen LogP contribution in [0.5, 0.6) is 5.75 Å². The Kier molecular flexibility index (Phi) is 4.69. The van der Waals surface area contributed by atoms with Crippen molar-refractivity contribution in [1.29, 1.82) is 0 Å². The summed E-state index contributed by atoms with van der Waals surface area (Å²) in [7, 11) is 0. The maximum atomic E-state index is 12.4. The molecule has 0 spiro atoms. The predicted octanol–water partition coefficient (Wildman–Crippen LogP) is 0.505. The number of hydrogen-bond acceptors (Lipinski definition) is 4. The highest BCUT2D eigenvalue weighted by molar-refractivity contribution is 6.02. The number of nitrogens with zero attached hydrogens (tertiary/aromatic N) is 1. The van der Waals surface area contributed by atoms with Gasteiger partial charge in [0, 0.05) is 6.54 Å². The highest BCUT2D eigenvalue weighted by Gasteiger charge is 2.29. The molecular formula is C17H21N3O4. The number of aryl methyl sites for hydroxylation is 1. The zero-order valence-corrected chi connectivity index (χ0v) is 13.6. The number of benzene rings is 1. The number of ether oxygens (including phenoxy) is 1. The molecule has 1 atom stereocenters. The quantitative estimate of drug-likeness (QED) is 0.844. The highest BCUT2D eigenvalue weighted by Crippen LogP contribution is 2.32. The SMILES string of the molecule is Cc1ccc2c(c1)N(CC(=O)N[C@H]1CCCCNC1=O)C(=O)CO2. The van der Waals surface area contributed by atoms with E-state index in [9.17, 15) is 14.4 Å². The summed E-state index contributed by atoms with van der Waals surface area (Å²) < 4.78 is 5.40. The molecule has 0 unspecified atom stereocenters. The van der Waals surface area contributed by atoms with E-state index in [1.54, 1.807) is 6.07 Å². The lowest BCUT2D eigenvalue weighted by molar-refractivity contribution is -0.129. The summed E-state index contributed by atoms with van der Waals surface area (Å²) in [4.78, 5) is 37.8. The molecule has 1 saturated heterocycles. The topological polar surface area (TPSA) is 87.7 Å². The fourth-order valence-corrected chi connectivity index (χ4v) is 2.95. The van der Waals surface area contributed by atoms with Gasteiger partial charge in [-0.2, -0.15) is 0 Å². The maximum absolute atomic E-state index is 12.4. The van der Waals surface area contributed by atoms with Gasteiger partial charge in [-0.25, -0.2) is 0 Å². The first-order chi connectivity index (χ1) is 11.5. The van der Waals surface area contributed by atoms with Gasteiger partial charge in [0.05, 0.1) is 5.69 Å². The van der Waals surface area contributed by atoms with E-state index in [1.807, 2.05) is 19.1 Å². The van der Waals surface area contributed by atoms with Gasteiger partial charge in [-0.3, -0.25) is 19.3 Å². The minimum atomic E-state index is -0.534. The summed E-state index contributed by atoms with van der Waals surface area (Å²) >= 11 is 0. The van der Waals surface area contributed by atoms with Crippen LogP contribution in [0.25, 0.3) is 0 Å². The van der Waals surface area contributed by atoms with Gasteiger partial charge in [-0.1, -0.05) is 6.07 Å². The minimum Gasteiger partial charge on any atom is -0.482 e. The molecule has 24 heavy (non-hydrogen) atoms. The van der Waals surface area contributed by atoms with E-state index in [2.05, 4.69) is 10.6 Å². The van der Waals surface area contributed by atoms with E-state index in [1.165, 1.54) is 4.90 Å². The van der Waals surface area contributed by atoms with Crippen molar-refractivity contribution >= 4 is 23.4 Å². The van der Waals surface area contributed by atoms with E-state index in [0.29, 0.717) is 24.4 Å². The molecule has 0 aromatic heterocycles. The summed E-state index contributed by atoms with van der Waals surface area (Å²) in [5.74, 6) is -0.195. The average Bonchev–Trinajstić information content (AvgIpc) is 2.75. The Balaban J connectivity index is 1.71. The van der Waals surface area contributed by atoms with Crippen molar-refractivity contribution in [3.05, 3.63) is 23.8 Å². The smallest absolute Gasteiger partial charge is 0.265 e. The third-order valence-corrected chi connectivity index (χ3v) is 4.23. The molecule has 2 N–H and O–H groups in total. The van der Waals surface area contributed by atoms with E-state index in [4.69, 9.17) is 4.74 Å². The number of fused-ring (bicyclic) bond motifs is 1. The number of anilines is 1. The van der Waals surface area contributed by atoms with Crippen molar-refractivity contribution in [2.24, 2.45) is 0 Å². The molecule has 2 heterocycles. The average molecular weight is 331 g/mol. The summed E-state index contributed by atoms with van der Waals surface area (Å²) in [6.45, 7) is 2.34. The molecule has 1 aromatic carbocycles. The van der Waals surface area contributed by atoms with Gasteiger partial charge >= 0.3 is 0 Å². The van der Waals surface area contributed by atoms with Gasteiger partial charge in [0.1, 0.15) is 18.3 Å². The number of carbonyl (C=O) groups excluding carboxylic acids is 3. The molecule has 0 bridgehead atoms. The van der Waals surface area contributed by atoms with Crippen LogP contribution in [-0.2, 0) is 14.4 Å². The summed E-state index contributed by atoms with van der Waals surface area (Å²) in [6, 6.07) is 4.97. The number of amides is 3. The third-order valence-electron chi connectivity index (χ3n) is 4.23. The second-order valence-corrected chi connectivity index (χ2v) is 6.15. The second kappa shape index (κ2) is 6.90. The van der Waals surface area contributed by atoms with Gasteiger partial charge in [0.2, 0.25) is 11.8 Å². The van der Waals surface area contributed by atoms with Crippen molar-refractivity contribution < 1.29 is 19.1 Å². The van der Waals surface area contributed by atoms with Crippen LogP contribution in [0.1, 0.15) is 24.8 Å². The number of rotatable bonds is 3. The van der Waals surface area contributed by atoms with E-state index in [-0.39, 0.29) is 30.9 Å². The van der Waals surface area contributed by atoms with Crippen molar-refractivity contribution in [1.82, 2.24) is 10.6 Å². The molecule has 7 nitrogen and oxygen atoms in total. The Morgan fingerprint density at radius 1 is 1.38 bits per heavy atom. The van der Waals surface area contributed by atoms with Gasteiger partial charge < -0.3 is 15.4 Å². The van der Waals surface area contributed by atoms with E-state index in [0.717, 1.165) is 18.4 Å². The summed E-state index contributed by atoms with van der Waals surface area (Å²) in [6.07, 6.45) is 2.40. The Bertz CT molecular complexity index is 674. The molecule has 0 saturated carbocycles. The van der Waals surface area contributed by atoms with Crippen LogP contribution in [-0.4, -0.2) is 43.5 Å². The van der Waals surface area contributed by atoms with Gasteiger partial charge in [-0.15, -0.1) is 0 Å². The zero-order valence-electron chi connectivity index (χ0n) is 13.6. The lowest BCUT2D eigenvalue weighted by Gasteiger charge is -2.29. The van der Waals surface area contributed by atoms with Crippen LogP contribution >= 0.6 is 0 Å². The summed E-state index contributed by atoms with van der Waals surface area (Å²) in [5, 5.41) is 5.52. The van der Waals surface area contributed by atoms with Crippen molar-refractivity contribution in [3.8, 4) is 5.75 Å². The second-order valence-electron chi connectivity index (χ2n) is 6.15. The zero-order chi connectivity index (χ0) is 17.1. The van der Waals surface area contributed by atoms with Crippen molar-refractivity contribution in [2.75, 3.05) is 24.6 Å². The van der Waals surface area contributed by atoms with Gasteiger partial charge in [0.25, 0.3) is 5.91 Å². The van der Waals surface area contributed by atoms with Crippen molar-refractivity contribution in [3.63, 3.8) is 0 Å². The lowest BCUT2D eigenvalue weighted by atomic mass is 10.1. The molecule has 3 amide bonds. The van der Waals surface area contributed by atoms with Crippen LogP contribution in [0.2, 0.25) is 0 Å². The lowest BCUT2D eigenvalue weighted by Crippen LogP contribution is -2.50. The standard InChI is InChI=1S/C17H21N3O4/c1-11-5-6-14-13(8-11)20(16(22)10-24-14)9-15(21)19-12-4-2-3-7-18-17(12)23/h5-6,8,12H,2-4,7,9-10H2,1H3,(H,18,23)(H,19,21)/t12-/m0/s1. The Morgan fingerprint density at radius 3 is 3.04 bits per heavy atom. The van der Waals surface area contributed by atoms with Crippen LogP contribution in [0.3, 0.4) is 0 Å². The van der Waals surface area contributed by atoms with Crippen LogP contribution in [0.4, 0.5) is 5.69 Å². The molecule has 0 radical (unpaired) electrons. The molecule has 2 aliphatic heterocycles. The fourth-order valence-electron chi connectivity index (χ4n) is 2.95. The maximum Gasteiger partial charge on any atom is 0.265 e. The Morgan fingerprint density at radius 2 is 2.21 bits per heavy atom. The first-order valence-electron chi connectivity index (χ1n) is 8.15. The molecule has 128 valence electrons. The van der Waals surface area contributed by atoms with E-state index >= 15 is 0 Å². The van der Waals surface area contributed by atoms with Crippen molar-refractivity contribution in [2.45, 2.75) is 32.2 Å². The minimum absolute atomic E-state index is 0.0900. The predicted molar refractivity (Wildman–Crippen MR) is 87.8 cm³/mol. The number of nitrogens with one attached hydrogen (secondary N) is 2. The molecular weight excluding hydrogens is 310 g/mol. The van der Waals surface area contributed by atoms with Crippen LogP contribution < -0.4 is 20.3 Å². The largest absolute Gasteiger partial charge is 0.482 e.